The van der Waals surface area contributed by atoms with Crippen LogP contribution >= 0.6 is 0 Å². The predicted molar refractivity (Wildman–Crippen MR) is 92.7 cm³/mol. The van der Waals surface area contributed by atoms with Crippen LogP contribution in [0.4, 0.5) is 8.78 Å². The van der Waals surface area contributed by atoms with Crippen LogP contribution in [0.1, 0.15) is 71.4 Å². The zero-order chi connectivity index (χ0) is 16.6. The fraction of sp³-hybridized carbons (Fsp3) is 0.824. The molecule has 0 bridgehead atoms. The van der Waals surface area contributed by atoms with E-state index in [4.69, 9.17) is 0 Å². The molecule has 2 nitrogen and oxygen atoms in total. The van der Waals surface area contributed by atoms with Crippen molar-refractivity contribution in [2.75, 3.05) is 0 Å². The number of hydrogen-bond donors (Lipinski definition) is 0. The molecular weight excluding hydrogens is 389 g/mol. The van der Waals surface area contributed by atoms with Crippen molar-refractivity contribution in [2.45, 2.75) is 79.0 Å². The third-order valence-electron chi connectivity index (χ3n) is 4.69. The molecule has 5 heteroatoms. The van der Waals surface area contributed by atoms with Crippen LogP contribution in [0.3, 0.4) is 0 Å². The molecule has 1 aromatic rings. The van der Waals surface area contributed by atoms with Crippen LogP contribution in [0.15, 0.2) is 6.07 Å². The van der Waals surface area contributed by atoms with E-state index in [0.717, 1.165) is 0 Å². The summed E-state index contributed by atoms with van der Waals surface area (Å²) in [5, 5.41) is 4.12. The zero-order valence-corrected chi connectivity index (χ0v) is 17.5. The second kappa shape index (κ2) is 9.89. The molecule has 0 aromatic carbocycles. The Labute approximate surface area is 138 Å². The normalized spacial score (nSPS) is 12.3. The molecule has 0 aliphatic heterocycles. The van der Waals surface area contributed by atoms with Crippen molar-refractivity contribution in [3.63, 3.8) is 0 Å². The monoisotopic (exact) mass is 422 g/mol. The molecular formula is C17H32F2N2Sn. The maximum atomic E-state index is 13.1. The first-order valence-electron chi connectivity index (χ1n) is 8.83. The number of hydrogen-bond acceptors (Lipinski definition) is 1. The quantitative estimate of drug-likeness (QED) is 0.437. The number of nitrogens with zero attached hydrogens (tertiary/aromatic N) is 2. The molecule has 0 aliphatic rings. The first-order valence-corrected chi connectivity index (χ1v) is 16.3. The van der Waals surface area contributed by atoms with Gasteiger partial charge in [0, 0.05) is 0 Å². The Hall–Kier alpha value is -0.131. The Morgan fingerprint density at radius 3 is 1.77 bits per heavy atom. The Balaban J connectivity index is 3.18. The Kier molecular flexibility index (Phi) is 8.95. The summed E-state index contributed by atoms with van der Waals surface area (Å²) in [5.74, 6) is 0. The van der Waals surface area contributed by atoms with Gasteiger partial charge < -0.3 is 0 Å². The van der Waals surface area contributed by atoms with E-state index in [1.165, 1.54) is 55.5 Å². The molecule has 1 heterocycles. The number of unbranched alkanes of at least 4 members (excludes halogenated alkanes) is 3. The summed E-state index contributed by atoms with van der Waals surface area (Å²) < 4.78 is 33.0. The third-order valence-corrected chi connectivity index (χ3v) is 20.4. The number of aromatic nitrogens is 2. The minimum atomic E-state index is -2.63. The molecule has 0 fully saturated rings. The SMILES string of the molecule is CCC[CH2][Sn]([CH2]CCC)([CH2]CCC)[c]1cc(C(F)F)nn1C. The summed E-state index contributed by atoms with van der Waals surface area (Å²) >= 11 is -2.63. The zero-order valence-electron chi connectivity index (χ0n) is 14.7. The first kappa shape index (κ1) is 19.9. The number of rotatable bonds is 11. The molecule has 1 aromatic heterocycles. The molecule has 0 spiro atoms. The summed E-state index contributed by atoms with van der Waals surface area (Å²) in [4.78, 5) is 0. The molecule has 0 amide bonds. The molecule has 0 atom stereocenters. The van der Waals surface area contributed by atoms with Gasteiger partial charge in [0.15, 0.2) is 0 Å². The second-order valence-corrected chi connectivity index (χ2v) is 19.5. The van der Waals surface area contributed by atoms with Crippen molar-refractivity contribution in [3.8, 4) is 0 Å². The van der Waals surface area contributed by atoms with Crippen LogP contribution in [0, 0.1) is 0 Å². The molecule has 128 valence electrons. The van der Waals surface area contributed by atoms with E-state index >= 15 is 0 Å². The van der Waals surface area contributed by atoms with Crippen LogP contribution in [0.5, 0.6) is 0 Å². The Morgan fingerprint density at radius 2 is 1.45 bits per heavy atom. The van der Waals surface area contributed by atoms with Gasteiger partial charge >= 0.3 is 138 Å². The molecule has 1 rings (SSSR count). The van der Waals surface area contributed by atoms with E-state index in [-0.39, 0.29) is 5.69 Å². The topological polar surface area (TPSA) is 17.8 Å². The summed E-state index contributed by atoms with van der Waals surface area (Å²) in [6.45, 7) is 6.68. The second-order valence-electron chi connectivity index (χ2n) is 6.47. The van der Waals surface area contributed by atoms with E-state index in [9.17, 15) is 8.78 Å². The van der Waals surface area contributed by atoms with Gasteiger partial charge in [-0.3, -0.25) is 0 Å². The van der Waals surface area contributed by atoms with Gasteiger partial charge in [-0.2, -0.15) is 0 Å². The van der Waals surface area contributed by atoms with Crippen molar-refractivity contribution < 1.29 is 8.78 Å². The first-order chi connectivity index (χ1) is 10.5. The van der Waals surface area contributed by atoms with Crippen LogP contribution in [-0.2, 0) is 7.05 Å². The fourth-order valence-corrected chi connectivity index (χ4v) is 20.0. The number of alkyl halides is 2. The van der Waals surface area contributed by atoms with E-state index in [2.05, 4.69) is 25.9 Å². The predicted octanol–water partition coefficient (Wildman–Crippen LogP) is 5.41. The van der Waals surface area contributed by atoms with Crippen molar-refractivity contribution in [3.05, 3.63) is 11.8 Å². The summed E-state index contributed by atoms with van der Waals surface area (Å²) in [6.07, 6.45) is 4.83. The molecule has 22 heavy (non-hydrogen) atoms. The summed E-state index contributed by atoms with van der Waals surface area (Å²) in [7, 11) is 1.87. The molecule has 0 N–H and O–H groups in total. The maximum absolute atomic E-state index is 13.1. The molecule has 0 unspecified atom stereocenters. The summed E-state index contributed by atoms with van der Waals surface area (Å²) in [6, 6.07) is 1.75. The summed E-state index contributed by atoms with van der Waals surface area (Å²) in [5.41, 5.74) is -0.0249. The third kappa shape index (κ3) is 5.20. The van der Waals surface area contributed by atoms with Crippen LogP contribution in [-0.4, -0.2) is 28.2 Å². The van der Waals surface area contributed by atoms with Crippen molar-refractivity contribution in [2.24, 2.45) is 7.05 Å². The Morgan fingerprint density at radius 1 is 1.00 bits per heavy atom. The van der Waals surface area contributed by atoms with Gasteiger partial charge in [-0.15, -0.1) is 0 Å². The van der Waals surface area contributed by atoms with Gasteiger partial charge in [-0.05, 0) is 0 Å². The minimum absolute atomic E-state index is 0.0249. The van der Waals surface area contributed by atoms with E-state index in [1.807, 2.05) is 7.05 Å². The van der Waals surface area contributed by atoms with Gasteiger partial charge in [-0.1, -0.05) is 0 Å². The average molecular weight is 421 g/mol. The fourth-order valence-electron chi connectivity index (χ4n) is 3.40. The molecule has 0 aliphatic carbocycles. The van der Waals surface area contributed by atoms with Crippen LogP contribution in [0.25, 0.3) is 0 Å². The van der Waals surface area contributed by atoms with Crippen molar-refractivity contribution >= 4 is 22.1 Å². The number of aryl methyl sites for hydroxylation is 1. The van der Waals surface area contributed by atoms with Gasteiger partial charge in [0.05, 0.1) is 0 Å². The Bertz CT molecular complexity index is 411. The molecule has 0 radical (unpaired) electrons. The van der Waals surface area contributed by atoms with E-state index in [0.29, 0.717) is 0 Å². The van der Waals surface area contributed by atoms with E-state index in [1.54, 1.807) is 10.7 Å². The van der Waals surface area contributed by atoms with Crippen molar-refractivity contribution in [1.82, 2.24) is 9.78 Å². The van der Waals surface area contributed by atoms with Gasteiger partial charge in [-0.25, -0.2) is 0 Å². The van der Waals surface area contributed by atoms with Gasteiger partial charge in [0.2, 0.25) is 0 Å². The number of halogens is 2. The van der Waals surface area contributed by atoms with Crippen LogP contribution < -0.4 is 3.71 Å². The van der Waals surface area contributed by atoms with Crippen molar-refractivity contribution in [1.29, 1.82) is 0 Å². The van der Waals surface area contributed by atoms with Crippen LogP contribution in [0.2, 0.25) is 13.3 Å². The van der Waals surface area contributed by atoms with E-state index < -0.39 is 24.8 Å². The molecule has 0 saturated heterocycles. The van der Waals surface area contributed by atoms with Gasteiger partial charge in [0.25, 0.3) is 0 Å². The van der Waals surface area contributed by atoms with Gasteiger partial charge in [0.1, 0.15) is 0 Å². The molecule has 0 saturated carbocycles. The average Bonchev–Trinajstić information content (AvgIpc) is 2.90. The standard InChI is InChI=1S/C5H5F2N2.3C4H9.Sn/c1-9-3-2-4(8-9)5(6)7;3*1-3-4-2;/h2,5H,1H3;3*1,3-4H2,2H3;.